The number of hydrogen-bond donors (Lipinski definition) is 1. The fourth-order valence-electron chi connectivity index (χ4n) is 2.23. The Bertz CT molecular complexity index is 613. The number of halogens is 3. The summed E-state index contributed by atoms with van der Waals surface area (Å²) in [6, 6.07) is 5.66. The van der Waals surface area contributed by atoms with E-state index in [9.17, 15) is 13.2 Å². The normalized spacial score (nSPS) is 20.3. The second-order valence-electron chi connectivity index (χ2n) is 6.63. The molecule has 0 radical (unpaired) electrons. The second kappa shape index (κ2) is 6.42. The van der Waals surface area contributed by atoms with E-state index >= 15 is 0 Å². The van der Waals surface area contributed by atoms with E-state index in [2.05, 4.69) is 4.74 Å². The first kappa shape index (κ1) is 18.8. The van der Waals surface area contributed by atoms with E-state index in [0.29, 0.717) is 11.0 Å². The van der Waals surface area contributed by atoms with Crippen LogP contribution in [0.4, 0.5) is 13.2 Å². The Balaban J connectivity index is 2.24. The Morgan fingerprint density at radius 2 is 1.79 bits per heavy atom. The molecule has 8 heteroatoms. The van der Waals surface area contributed by atoms with E-state index in [0.717, 1.165) is 0 Å². The average molecular weight is 343 g/mol. The third-order valence-electron chi connectivity index (χ3n) is 4.24. The number of ether oxygens (including phenoxy) is 1. The summed E-state index contributed by atoms with van der Waals surface area (Å²) < 4.78 is 52.7. The van der Waals surface area contributed by atoms with Gasteiger partial charge in [-0.25, -0.2) is 0 Å². The van der Waals surface area contributed by atoms with Crippen LogP contribution in [0.25, 0.3) is 6.08 Å². The largest absolute Gasteiger partial charge is 0.573 e. The summed E-state index contributed by atoms with van der Waals surface area (Å²) in [5.41, 5.74) is 5.89. The van der Waals surface area contributed by atoms with Crippen LogP contribution in [0.15, 0.2) is 29.7 Å². The number of rotatable bonds is 4. The Hall–Kier alpha value is -1.51. The molecule has 1 aliphatic heterocycles. The van der Waals surface area contributed by atoms with Crippen molar-refractivity contribution in [3.8, 4) is 5.75 Å². The molecule has 0 spiro atoms. The first-order chi connectivity index (χ1) is 10.9. The van der Waals surface area contributed by atoms with Gasteiger partial charge in [0, 0.05) is 6.54 Å². The van der Waals surface area contributed by atoms with Crippen molar-refractivity contribution in [3.05, 3.63) is 35.3 Å². The van der Waals surface area contributed by atoms with Crippen molar-refractivity contribution in [1.82, 2.24) is 0 Å². The number of hydrogen-bond acceptors (Lipinski definition) is 4. The van der Waals surface area contributed by atoms with Gasteiger partial charge in [-0.1, -0.05) is 18.2 Å². The van der Waals surface area contributed by atoms with Gasteiger partial charge in [-0.05, 0) is 50.9 Å². The lowest BCUT2D eigenvalue weighted by Crippen LogP contribution is -2.41. The van der Waals surface area contributed by atoms with Crippen LogP contribution in [0, 0.1) is 0 Å². The van der Waals surface area contributed by atoms with Crippen LogP contribution in [0.2, 0.25) is 0 Å². The van der Waals surface area contributed by atoms with Crippen LogP contribution in [-0.4, -0.2) is 31.2 Å². The molecule has 0 aliphatic carbocycles. The van der Waals surface area contributed by atoms with Crippen molar-refractivity contribution in [2.75, 3.05) is 6.54 Å². The summed E-state index contributed by atoms with van der Waals surface area (Å²) in [5, 5.41) is 0. The smallest absolute Gasteiger partial charge is 0.406 e. The summed E-state index contributed by atoms with van der Waals surface area (Å²) in [6.07, 6.45) is -3.07. The van der Waals surface area contributed by atoms with E-state index in [1.165, 1.54) is 18.2 Å². The molecule has 1 saturated heterocycles. The maximum absolute atomic E-state index is 12.3. The third kappa shape index (κ3) is 4.31. The van der Waals surface area contributed by atoms with Crippen LogP contribution < -0.4 is 10.5 Å². The molecule has 1 aromatic rings. The summed E-state index contributed by atoms with van der Waals surface area (Å²) >= 11 is 0. The molecule has 4 nitrogen and oxygen atoms in total. The number of nitrogens with two attached hydrogens (primary N) is 1. The SMILES string of the molecule is CC1(C)OB(C(=Cc2cccc(OC(F)(F)F)c2)CN)OC1(C)C. The predicted octanol–water partition coefficient (Wildman–Crippen LogP) is 3.56. The lowest BCUT2D eigenvalue weighted by molar-refractivity contribution is -0.274. The molecule has 0 aromatic heterocycles. The van der Waals surface area contributed by atoms with Crippen LogP contribution in [0.3, 0.4) is 0 Å². The van der Waals surface area contributed by atoms with Gasteiger partial charge in [0.1, 0.15) is 5.75 Å². The Morgan fingerprint density at radius 1 is 1.21 bits per heavy atom. The van der Waals surface area contributed by atoms with E-state index in [-0.39, 0.29) is 12.3 Å². The average Bonchev–Trinajstić information content (AvgIpc) is 2.63. The highest BCUT2D eigenvalue weighted by atomic mass is 19.4. The van der Waals surface area contributed by atoms with Crippen LogP contribution in [0.1, 0.15) is 33.3 Å². The van der Waals surface area contributed by atoms with Gasteiger partial charge in [0.2, 0.25) is 0 Å². The maximum Gasteiger partial charge on any atom is 0.573 e. The molecule has 0 amide bonds. The number of benzene rings is 1. The Morgan fingerprint density at radius 3 is 2.29 bits per heavy atom. The maximum atomic E-state index is 12.3. The minimum atomic E-state index is -4.73. The topological polar surface area (TPSA) is 53.7 Å². The van der Waals surface area contributed by atoms with Crippen molar-refractivity contribution >= 4 is 13.2 Å². The summed E-state index contributed by atoms with van der Waals surface area (Å²) in [6.45, 7) is 7.82. The van der Waals surface area contributed by atoms with Gasteiger partial charge in [0.15, 0.2) is 0 Å². The van der Waals surface area contributed by atoms with Gasteiger partial charge in [0.05, 0.1) is 11.2 Å². The van der Waals surface area contributed by atoms with E-state index < -0.39 is 24.7 Å². The number of alkyl halides is 3. The molecule has 0 bridgehead atoms. The molecule has 0 saturated carbocycles. The molecule has 132 valence electrons. The fraction of sp³-hybridized carbons (Fsp3) is 0.500. The molecule has 0 atom stereocenters. The minimum absolute atomic E-state index is 0.154. The third-order valence-corrected chi connectivity index (χ3v) is 4.24. The van der Waals surface area contributed by atoms with Gasteiger partial charge in [-0.15, -0.1) is 13.2 Å². The van der Waals surface area contributed by atoms with Gasteiger partial charge >= 0.3 is 13.5 Å². The van der Waals surface area contributed by atoms with Crippen LogP contribution in [0.5, 0.6) is 5.75 Å². The van der Waals surface area contributed by atoms with E-state index in [1.54, 1.807) is 12.1 Å². The molecule has 0 unspecified atom stereocenters. The molecule has 1 fully saturated rings. The molecule has 2 N–H and O–H groups in total. The predicted molar refractivity (Wildman–Crippen MR) is 86.2 cm³/mol. The molecule has 2 rings (SSSR count). The Kier molecular flexibility index (Phi) is 5.04. The summed E-state index contributed by atoms with van der Waals surface area (Å²) in [4.78, 5) is 0. The Labute approximate surface area is 139 Å². The highest BCUT2D eigenvalue weighted by Crippen LogP contribution is 2.38. The zero-order valence-corrected chi connectivity index (χ0v) is 14.1. The molecule has 1 aromatic carbocycles. The van der Waals surface area contributed by atoms with Crippen LogP contribution in [-0.2, 0) is 9.31 Å². The van der Waals surface area contributed by atoms with E-state index in [1.807, 2.05) is 27.7 Å². The van der Waals surface area contributed by atoms with Gasteiger partial charge in [0.25, 0.3) is 0 Å². The lowest BCUT2D eigenvalue weighted by Gasteiger charge is -2.32. The second-order valence-corrected chi connectivity index (χ2v) is 6.63. The van der Waals surface area contributed by atoms with Crippen molar-refractivity contribution < 1.29 is 27.2 Å². The van der Waals surface area contributed by atoms with Crippen LogP contribution >= 0.6 is 0 Å². The van der Waals surface area contributed by atoms with Gasteiger partial charge in [-0.2, -0.15) is 0 Å². The molecular weight excluding hydrogens is 322 g/mol. The monoisotopic (exact) mass is 343 g/mol. The first-order valence-electron chi connectivity index (χ1n) is 7.55. The first-order valence-corrected chi connectivity index (χ1v) is 7.55. The minimum Gasteiger partial charge on any atom is -0.406 e. The quantitative estimate of drug-likeness (QED) is 0.850. The molecule has 24 heavy (non-hydrogen) atoms. The van der Waals surface area contributed by atoms with Crippen molar-refractivity contribution in [2.45, 2.75) is 45.3 Å². The standard InChI is InChI=1S/C16H21BF3NO3/c1-14(2)15(3,4)24-17(23-14)12(10-21)8-11-6-5-7-13(9-11)22-16(18,19)20/h5-9H,10,21H2,1-4H3. The molecule has 1 aliphatic rings. The zero-order chi connectivity index (χ0) is 18.2. The van der Waals surface area contributed by atoms with Crippen molar-refractivity contribution in [1.29, 1.82) is 0 Å². The lowest BCUT2D eigenvalue weighted by atomic mass is 9.77. The fourth-order valence-corrected chi connectivity index (χ4v) is 2.23. The van der Waals surface area contributed by atoms with Crippen molar-refractivity contribution in [3.63, 3.8) is 0 Å². The highest BCUT2D eigenvalue weighted by Gasteiger charge is 2.52. The summed E-state index contributed by atoms with van der Waals surface area (Å²) in [5.74, 6) is -0.290. The summed E-state index contributed by atoms with van der Waals surface area (Å²) in [7, 11) is -0.646. The highest BCUT2D eigenvalue weighted by molar-refractivity contribution is 6.55. The molecular formula is C16H21BF3NO3. The zero-order valence-electron chi connectivity index (χ0n) is 14.1. The molecule has 1 heterocycles. The van der Waals surface area contributed by atoms with Gasteiger partial charge in [-0.3, -0.25) is 0 Å². The van der Waals surface area contributed by atoms with Crippen molar-refractivity contribution in [2.24, 2.45) is 5.73 Å². The van der Waals surface area contributed by atoms with E-state index in [4.69, 9.17) is 15.0 Å². The van der Waals surface area contributed by atoms with Gasteiger partial charge < -0.3 is 19.8 Å².